The predicted octanol–water partition coefficient (Wildman–Crippen LogP) is 5.92. The van der Waals surface area contributed by atoms with E-state index in [1.807, 2.05) is 26.1 Å². The van der Waals surface area contributed by atoms with Crippen LogP contribution in [-0.2, 0) is 27.1 Å². The Bertz CT molecular complexity index is 1550. The molecule has 2 bridgehead atoms. The number of aldehydes is 1. The minimum absolute atomic E-state index is 0.00830. The van der Waals surface area contributed by atoms with Gasteiger partial charge in [0.15, 0.2) is 0 Å². The van der Waals surface area contributed by atoms with Crippen LogP contribution in [0, 0.1) is 23.2 Å². The summed E-state index contributed by atoms with van der Waals surface area (Å²) in [7, 11) is 3.62. The van der Waals surface area contributed by atoms with E-state index < -0.39 is 23.9 Å². The number of aliphatic hydroxyl groups is 4. The van der Waals surface area contributed by atoms with Crippen molar-refractivity contribution < 1.29 is 34.7 Å². The molecule has 7 unspecified atom stereocenters. The zero-order valence-electron chi connectivity index (χ0n) is 34.2. The average Bonchev–Trinajstić information content (AvgIpc) is 3.52. The summed E-state index contributed by atoms with van der Waals surface area (Å²) in [6.45, 7) is 12.6. The first kappa shape index (κ1) is 45.0. The number of allylic oxidation sites excluding steroid dienone is 7. The summed E-state index contributed by atoms with van der Waals surface area (Å²) >= 11 is 0. The molecule has 1 aromatic rings. The number of rotatable bonds is 17. The molecule has 55 heavy (non-hydrogen) atoms. The van der Waals surface area contributed by atoms with E-state index in [-0.39, 0.29) is 36.5 Å². The summed E-state index contributed by atoms with van der Waals surface area (Å²) in [5, 5.41) is 51.7. The number of ether oxygens (including phenoxy) is 2. The maximum Gasteiger partial charge on any atom is 0.145 e. The average molecular weight is 763 g/mol. The largest absolute Gasteiger partial charge is 0.396 e. The highest BCUT2D eigenvalue weighted by Crippen LogP contribution is 2.64. The zero-order chi connectivity index (χ0) is 40.1. The van der Waals surface area contributed by atoms with E-state index in [0.717, 1.165) is 55.2 Å². The fourth-order valence-corrected chi connectivity index (χ4v) is 9.86. The monoisotopic (exact) mass is 763 g/mol. The molecule has 306 valence electrons. The van der Waals surface area contributed by atoms with Gasteiger partial charge in [-0.2, -0.15) is 0 Å². The number of carbonyl (C=O) groups is 1. The third-order valence-corrected chi connectivity index (χ3v) is 13.1. The molecule has 0 saturated heterocycles. The lowest BCUT2D eigenvalue weighted by molar-refractivity contribution is -0.180. The molecule has 3 aliphatic rings. The van der Waals surface area contributed by atoms with Crippen LogP contribution in [0.25, 0.3) is 0 Å². The first-order chi connectivity index (χ1) is 26.4. The predicted molar refractivity (Wildman–Crippen MR) is 220 cm³/mol. The molecule has 2 aliphatic carbocycles. The van der Waals surface area contributed by atoms with Crippen LogP contribution < -0.4 is 10.6 Å². The topological polar surface area (TPSA) is 141 Å². The fourth-order valence-electron chi connectivity index (χ4n) is 9.86. The van der Waals surface area contributed by atoms with Gasteiger partial charge < -0.3 is 40.5 Å². The summed E-state index contributed by atoms with van der Waals surface area (Å²) in [4.78, 5) is 12.1. The molecule has 1 aromatic carbocycles. The fraction of sp³-hybridized carbons (Fsp3) is 0.630. The Morgan fingerprint density at radius 3 is 2.67 bits per heavy atom. The van der Waals surface area contributed by atoms with E-state index in [1.54, 1.807) is 7.11 Å². The molecule has 9 heteroatoms. The lowest BCUT2D eigenvalue weighted by Crippen LogP contribution is -2.61. The van der Waals surface area contributed by atoms with Crippen molar-refractivity contribution >= 4 is 6.29 Å². The van der Waals surface area contributed by atoms with Crippen LogP contribution in [-0.4, -0.2) is 97.8 Å². The van der Waals surface area contributed by atoms with E-state index in [1.165, 1.54) is 16.7 Å². The minimum atomic E-state index is -1.18. The van der Waals surface area contributed by atoms with E-state index in [2.05, 4.69) is 67.5 Å². The molecule has 4 rings (SSSR count). The minimum Gasteiger partial charge on any atom is -0.396 e. The van der Waals surface area contributed by atoms with Gasteiger partial charge in [0.25, 0.3) is 0 Å². The normalized spacial score (nSPS) is 31.6. The maximum atomic E-state index is 12.6. The Balaban J connectivity index is 1.65. The van der Waals surface area contributed by atoms with Crippen molar-refractivity contribution in [3.63, 3.8) is 0 Å². The molecule has 6 N–H and O–H groups in total. The summed E-state index contributed by atoms with van der Waals surface area (Å²) < 4.78 is 11.0. The maximum absolute atomic E-state index is 12.6. The van der Waals surface area contributed by atoms with Crippen LogP contribution in [0.5, 0.6) is 0 Å². The summed E-state index contributed by atoms with van der Waals surface area (Å²) in [5.74, 6) is -0.425. The van der Waals surface area contributed by atoms with E-state index >= 15 is 0 Å². The number of nitrogens with one attached hydrogen (secondary N) is 2. The van der Waals surface area contributed by atoms with Crippen molar-refractivity contribution in [3.8, 4) is 0 Å². The number of fused-ring (bicyclic) bond motifs is 2. The Morgan fingerprint density at radius 1 is 1.18 bits per heavy atom. The van der Waals surface area contributed by atoms with Gasteiger partial charge in [0, 0.05) is 43.7 Å². The SMILES string of the molecule is C=C(C=CC=C(COCO)C1CCC2(C(CCCO)C(=C(C)C=O)CCC2(O)CCNC)C1O)C1CC=C(C)CNC(C)(CCOC)Cc2cccc(c2)C1. The second kappa shape index (κ2) is 21.1. The third kappa shape index (κ3) is 11.0. The summed E-state index contributed by atoms with van der Waals surface area (Å²) in [6, 6.07) is 8.89. The molecular weight excluding hydrogens is 693 g/mol. The van der Waals surface area contributed by atoms with Crippen molar-refractivity contribution in [2.24, 2.45) is 23.2 Å². The number of aliphatic hydroxyl groups excluding tert-OH is 3. The first-order valence-electron chi connectivity index (χ1n) is 20.4. The molecule has 1 spiro atoms. The zero-order valence-corrected chi connectivity index (χ0v) is 34.2. The summed E-state index contributed by atoms with van der Waals surface area (Å²) in [6.07, 6.45) is 15.6. The van der Waals surface area contributed by atoms with Gasteiger partial charge in [0.2, 0.25) is 0 Å². The Labute approximate surface area is 330 Å². The molecule has 0 amide bonds. The van der Waals surface area contributed by atoms with Crippen molar-refractivity contribution in [2.75, 3.05) is 53.9 Å². The number of benzene rings is 1. The molecule has 2 saturated carbocycles. The van der Waals surface area contributed by atoms with Gasteiger partial charge in [-0.1, -0.05) is 71.9 Å². The van der Waals surface area contributed by atoms with Gasteiger partial charge in [-0.3, -0.25) is 4.79 Å². The molecule has 1 heterocycles. The second-order valence-electron chi connectivity index (χ2n) is 16.8. The molecule has 0 radical (unpaired) electrons. The van der Waals surface area contributed by atoms with Crippen molar-refractivity contribution in [3.05, 3.63) is 94.1 Å². The standard InChI is InChI=1S/C46H70N2O7/c1-33-15-16-38(27-36-11-8-12-37(26-36)28-44(4,48-29-33)22-25-54-6)34(2)10-7-13-39(31-55-32-51)41-18-20-46(43(41)52)42(14-9-24-49)40(35(3)30-50)17-19-45(46,53)21-23-47-5/h7-8,10-13,15,26,30,38,41-43,47-49,51-53H,2,9,14,16-25,27-29,31-32H2,1,3-6H3. The van der Waals surface area contributed by atoms with Gasteiger partial charge in [-0.05, 0) is 139 Å². The van der Waals surface area contributed by atoms with E-state index in [0.29, 0.717) is 63.7 Å². The van der Waals surface area contributed by atoms with Crippen LogP contribution in [0.15, 0.2) is 83.0 Å². The molecular formula is C46H70N2O7. The third-order valence-electron chi connectivity index (χ3n) is 13.1. The van der Waals surface area contributed by atoms with Crippen LogP contribution in [0.3, 0.4) is 0 Å². The van der Waals surface area contributed by atoms with Crippen LogP contribution in [0.4, 0.5) is 0 Å². The molecule has 9 nitrogen and oxygen atoms in total. The second-order valence-corrected chi connectivity index (χ2v) is 16.8. The van der Waals surface area contributed by atoms with Crippen LogP contribution >= 0.6 is 0 Å². The smallest absolute Gasteiger partial charge is 0.145 e. The van der Waals surface area contributed by atoms with E-state index in [9.17, 15) is 25.2 Å². The van der Waals surface area contributed by atoms with Crippen LogP contribution in [0.1, 0.15) is 89.7 Å². The molecule has 2 fully saturated rings. The van der Waals surface area contributed by atoms with Crippen molar-refractivity contribution in [2.45, 2.75) is 109 Å². The van der Waals surface area contributed by atoms with Crippen LogP contribution in [0.2, 0.25) is 0 Å². The number of carbonyl (C=O) groups excluding carboxylic acids is 1. The molecule has 1 aliphatic heterocycles. The van der Waals surface area contributed by atoms with Gasteiger partial charge in [0.1, 0.15) is 13.1 Å². The van der Waals surface area contributed by atoms with Crippen molar-refractivity contribution in [1.29, 1.82) is 0 Å². The Hall–Kier alpha value is -2.73. The molecule has 0 aromatic heterocycles. The highest BCUT2D eigenvalue weighted by Gasteiger charge is 2.65. The number of hydrogen-bond donors (Lipinski definition) is 6. The van der Waals surface area contributed by atoms with Crippen molar-refractivity contribution in [1.82, 2.24) is 10.6 Å². The van der Waals surface area contributed by atoms with E-state index in [4.69, 9.17) is 9.47 Å². The Morgan fingerprint density at radius 2 is 1.96 bits per heavy atom. The van der Waals surface area contributed by atoms with Gasteiger partial charge in [-0.15, -0.1) is 0 Å². The number of hydrogen-bond acceptors (Lipinski definition) is 9. The highest BCUT2D eigenvalue weighted by atomic mass is 16.6. The van der Waals surface area contributed by atoms with Gasteiger partial charge in [0.05, 0.1) is 18.3 Å². The first-order valence-corrected chi connectivity index (χ1v) is 20.4. The van der Waals surface area contributed by atoms with Gasteiger partial charge in [-0.25, -0.2) is 0 Å². The molecule has 7 atom stereocenters. The highest BCUT2D eigenvalue weighted by molar-refractivity contribution is 5.74. The van der Waals surface area contributed by atoms with Gasteiger partial charge >= 0.3 is 0 Å². The number of methoxy groups -OCH3 is 1. The lowest BCUT2D eigenvalue weighted by Gasteiger charge is -2.57. The quantitative estimate of drug-likeness (QED) is 0.0375. The lowest BCUT2D eigenvalue weighted by atomic mass is 9.51. The summed E-state index contributed by atoms with van der Waals surface area (Å²) in [5.41, 5.74) is 5.15. The Kier molecular flexibility index (Phi) is 17.3.